The molecule has 29 heavy (non-hydrogen) atoms. The zero-order valence-electron chi connectivity index (χ0n) is 17.2. The lowest BCUT2D eigenvalue weighted by molar-refractivity contribution is 0.240. The van der Waals surface area contributed by atoms with E-state index in [1.807, 2.05) is 24.3 Å². The first-order valence-electron chi connectivity index (χ1n) is 9.92. The maximum Gasteiger partial charge on any atom is 0.242 e. The molecule has 0 saturated carbocycles. The Bertz CT molecular complexity index is 1060. The number of nitrogens with zero attached hydrogens (tertiary/aromatic N) is 2. The zero-order chi connectivity index (χ0) is 20.4. The molecule has 0 aliphatic heterocycles. The van der Waals surface area contributed by atoms with Crippen molar-refractivity contribution in [1.82, 2.24) is 9.55 Å². The van der Waals surface area contributed by atoms with Gasteiger partial charge in [0, 0.05) is 5.41 Å². The second-order valence-corrected chi connectivity index (χ2v) is 10.8. The summed E-state index contributed by atoms with van der Waals surface area (Å²) in [6, 6.07) is 27.0. The molecular weight excluding hydrogens is 374 g/mol. The van der Waals surface area contributed by atoms with Crippen molar-refractivity contribution in [3.8, 4) is 0 Å². The van der Waals surface area contributed by atoms with Gasteiger partial charge in [0.15, 0.2) is 0 Å². The van der Waals surface area contributed by atoms with Crippen LogP contribution in [-0.2, 0) is 16.6 Å². The molecule has 0 unspecified atom stereocenters. The van der Waals surface area contributed by atoms with Crippen molar-refractivity contribution in [3.05, 3.63) is 84.7 Å². The lowest BCUT2D eigenvalue weighted by atomic mass is 9.96. The van der Waals surface area contributed by atoms with Gasteiger partial charge in [0.2, 0.25) is 9.04 Å². The number of benzene rings is 3. The number of fused-ring (bicyclic) bond motifs is 1. The number of hydrogen-bond acceptors (Lipinski definition) is 3. The predicted molar refractivity (Wildman–Crippen MR) is 123 cm³/mol. The van der Waals surface area contributed by atoms with E-state index >= 15 is 0 Å². The molecule has 3 aromatic carbocycles. The summed E-state index contributed by atoms with van der Waals surface area (Å²) in [6.07, 6.45) is 0. The van der Waals surface area contributed by atoms with Crippen molar-refractivity contribution in [3.63, 3.8) is 0 Å². The van der Waals surface area contributed by atoms with Gasteiger partial charge in [-0.15, -0.1) is 0 Å². The topological polar surface area (TPSA) is 53.1 Å². The monoisotopic (exact) mass is 401 g/mol. The number of imidazole rings is 1. The van der Waals surface area contributed by atoms with Gasteiger partial charge in [-0.25, -0.2) is 4.98 Å². The van der Waals surface area contributed by atoms with Crippen LogP contribution in [0.25, 0.3) is 11.0 Å². The van der Waals surface area contributed by atoms with Gasteiger partial charge in [0.25, 0.3) is 0 Å². The average molecular weight is 402 g/mol. The molecule has 0 radical (unpaired) electrons. The highest BCUT2D eigenvalue weighted by molar-refractivity contribution is 6.79. The van der Waals surface area contributed by atoms with E-state index in [0.717, 1.165) is 16.9 Å². The minimum atomic E-state index is -1.84. The van der Waals surface area contributed by atoms with Crippen molar-refractivity contribution in [2.24, 2.45) is 0 Å². The molecule has 0 atom stereocenters. The van der Waals surface area contributed by atoms with Gasteiger partial charge in [-0.2, -0.15) is 0 Å². The average Bonchev–Trinajstić information content (AvgIpc) is 3.10. The Labute approximate surface area is 173 Å². The van der Waals surface area contributed by atoms with E-state index in [1.165, 1.54) is 10.4 Å². The van der Waals surface area contributed by atoms with Gasteiger partial charge in [-0.1, -0.05) is 87.5 Å². The molecule has 4 nitrogen and oxygen atoms in total. The van der Waals surface area contributed by atoms with Crippen molar-refractivity contribution < 1.29 is 4.43 Å². The Morgan fingerprint density at radius 3 is 2.00 bits per heavy atom. The van der Waals surface area contributed by atoms with Gasteiger partial charge in [-0.3, -0.25) is 0 Å². The summed E-state index contributed by atoms with van der Waals surface area (Å²) in [4.78, 5) is 4.88. The normalized spacial score (nSPS) is 12.0. The van der Waals surface area contributed by atoms with Gasteiger partial charge >= 0.3 is 0 Å². The van der Waals surface area contributed by atoms with Crippen LogP contribution < -0.4 is 16.1 Å². The van der Waals surface area contributed by atoms with E-state index in [0.29, 0.717) is 12.4 Å². The fourth-order valence-electron chi connectivity index (χ4n) is 3.66. The van der Waals surface area contributed by atoms with Gasteiger partial charge < -0.3 is 14.7 Å². The number of aromatic nitrogens is 2. The lowest BCUT2D eigenvalue weighted by Gasteiger charge is -2.23. The second-order valence-electron chi connectivity index (χ2n) is 8.33. The standard InChI is InChI=1S/C24H27N3OSi/c1-24(2,3)23-26-22-20(25)15-10-16-21(22)27(23)17-28-29(18-11-6-4-7-12-18)19-13-8-5-9-14-19/h4-16,29H,17,25H2,1-3H3. The highest BCUT2D eigenvalue weighted by atomic mass is 28.3. The van der Waals surface area contributed by atoms with Crippen molar-refractivity contribution in [2.75, 3.05) is 5.73 Å². The second kappa shape index (κ2) is 7.85. The number of anilines is 1. The molecule has 4 rings (SSSR count). The third kappa shape index (κ3) is 3.97. The van der Waals surface area contributed by atoms with Crippen LogP contribution in [0.1, 0.15) is 26.6 Å². The van der Waals surface area contributed by atoms with Gasteiger partial charge in [-0.05, 0) is 22.5 Å². The highest BCUT2D eigenvalue weighted by Crippen LogP contribution is 2.29. The SMILES string of the molecule is CC(C)(C)c1nc2c(N)cccc2n1CO[SiH](c1ccccc1)c1ccccc1. The number of nitrogens with two attached hydrogens (primary N) is 1. The Hall–Kier alpha value is -2.89. The molecule has 1 heterocycles. The van der Waals surface area contributed by atoms with E-state index in [4.69, 9.17) is 15.1 Å². The highest BCUT2D eigenvalue weighted by Gasteiger charge is 2.25. The first-order chi connectivity index (χ1) is 13.9. The quantitative estimate of drug-likeness (QED) is 0.412. The smallest absolute Gasteiger partial charge is 0.242 e. The Balaban J connectivity index is 1.75. The summed E-state index contributed by atoms with van der Waals surface area (Å²) in [5, 5.41) is 2.53. The molecule has 0 fully saturated rings. The molecule has 148 valence electrons. The van der Waals surface area contributed by atoms with E-state index in [2.05, 4.69) is 79.9 Å². The fourth-order valence-corrected chi connectivity index (χ4v) is 5.87. The van der Waals surface area contributed by atoms with Crippen LogP contribution >= 0.6 is 0 Å². The van der Waals surface area contributed by atoms with Crippen molar-refractivity contribution in [1.29, 1.82) is 0 Å². The maximum absolute atomic E-state index is 6.66. The number of hydrogen-bond donors (Lipinski definition) is 1. The minimum absolute atomic E-state index is 0.120. The maximum atomic E-state index is 6.66. The summed E-state index contributed by atoms with van der Waals surface area (Å²) >= 11 is 0. The summed E-state index contributed by atoms with van der Waals surface area (Å²) in [5.74, 6) is 0.985. The first kappa shape index (κ1) is 19.4. The fraction of sp³-hybridized carbons (Fsp3) is 0.208. The van der Waals surface area contributed by atoms with Crippen LogP contribution in [0.15, 0.2) is 78.9 Å². The molecule has 5 heteroatoms. The van der Waals surface area contributed by atoms with Gasteiger partial charge in [0.1, 0.15) is 18.1 Å². The number of nitrogen functional groups attached to an aromatic ring is 1. The molecule has 4 aromatic rings. The van der Waals surface area contributed by atoms with Crippen molar-refractivity contribution in [2.45, 2.75) is 32.9 Å². The zero-order valence-corrected chi connectivity index (χ0v) is 18.3. The summed E-state index contributed by atoms with van der Waals surface area (Å²) in [7, 11) is -1.84. The van der Waals surface area contributed by atoms with Crippen LogP contribution in [0.4, 0.5) is 5.69 Å². The van der Waals surface area contributed by atoms with E-state index in [-0.39, 0.29) is 5.41 Å². The molecule has 2 N–H and O–H groups in total. The molecule has 0 saturated heterocycles. The van der Waals surface area contributed by atoms with Crippen LogP contribution in [0.5, 0.6) is 0 Å². The molecule has 1 aromatic heterocycles. The van der Waals surface area contributed by atoms with Crippen LogP contribution in [0.2, 0.25) is 0 Å². The van der Waals surface area contributed by atoms with Crippen LogP contribution in [0.3, 0.4) is 0 Å². The first-order valence-corrected chi connectivity index (χ1v) is 11.5. The minimum Gasteiger partial charge on any atom is -0.397 e. The van der Waals surface area contributed by atoms with E-state index in [9.17, 15) is 0 Å². The summed E-state index contributed by atoms with van der Waals surface area (Å²) in [5.41, 5.74) is 8.66. The number of para-hydroxylation sites is 1. The summed E-state index contributed by atoms with van der Waals surface area (Å²) in [6.45, 7) is 6.96. The Morgan fingerprint density at radius 1 is 0.862 bits per heavy atom. The van der Waals surface area contributed by atoms with E-state index < -0.39 is 9.04 Å². The molecule has 0 amide bonds. The molecule has 0 aliphatic carbocycles. The van der Waals surface area contributed by atoms with E-state index in [1.54, 1.807) is 0 Å². The number of rotatable bonds is 5. The lowest BCUT2D eigenvalue weighted by Crippen LogP contribution is -2.45. The molecule has 0 spiro atoms. The third-order valence-electron chi connectivity index (χ3n) is 5.06. The van der Waals surface area contributed by atoms with Gasteiger partial charge in [0.05, 0.1) is 11.2 Å². The molecular formula is C24H27N3OSi. The van der Waals surface area contributed by atoms with Crippen LogP contribution in [0, 0.1) is 0 Å². The predicted octanol–water partition coefficient (Wildman–Crippen LogP) is 3.43. The Morgan fingerprint density at radius 2 is 1.45 bits per heavy atom. The van der Waals surface area contributed by atoms with Crippen molar-refractivity contribution >= 4 is 36.1 Å². The third-order valence-corrected chi connectivity index (χ3v) is 7.52. The van der Waals surface area contributed by atoms with Crippen LogP contribution in [-0.4, -0.2) is 18.6 Å². The molecule has 0 aliphatic rings. The molecule has 0 bridgehead atoms. The largest absolute Gasteiger partial charge is 0.397 e. The summed E-state index contributed by atoms with van der Waals surface area (Å²) < 4.78 is 8.84. The Kier molecular flexibility index (Phi) is 5.26.